The lowest BCUT2D eigenvalue weighted by Crippen LogP contribution is -2.65. The summed E-state index contributed by atoms with van der Waals surface area (Å²) in [6.45, 7) is 4.69. The molecule has 2 unspecified atom stereocenters. The maximum absolute atomic E-state index is 11.9. The molecule has 4 aliphatic carbocycles. The molecule has 0 heterocycles. The molecule has 0 aromatic rings. The fraction of sp³-hybridized carbons (Fsp3) is 0.929. The number of azide groups is 1. The van der Waals surface area contributed by atoms with Crippen LogP contribution in [-0.4, -0.2) is 18.0 Å². The average Bonchev–Trinajstić information content (AvgIpc) is 2.20. The first kappa shape index (κ1) is 12.8. The predicted molar refractivity (Wildman–Crippen MR) is 72.3 cm³/mol. The number of hydrogen-bond acceptors (Lipinski definition) is 2. The van der Waals surface area contributed by atoms with Gasteiger partial charge in [-0.05, 0) is 60.8 Å². The van der Waals surface area contributed by atoms with Crippen molar-refractivity contribution in [2.24, 2.45) is 21.9 Å². The van der Waals surface area contributed by atoms with Crippen molar-refractivity contribution in [2.75, 3.05) is 6.54 Å². The lowest BCUT2D eigenvalue weighted by atomic mass is 9.43. The molecule has 4 rings (SSSR count). The monoisotopic (exact) mass is 262 g/mol. The van der Waals surface area contributed by atoms with Gasteiger partial charge in [-0.1, -0.05) is 19.0 Å². The van der Waals surface area contributed by atoms with Crippen molar-refractivity contribution in [1.82, 2.24) is 5.32 Å². The SMILES string of the molecule is CC12CC3CC(C)(C1)CC(NC(=O)CN=[N+]=[N-])(C3)C2. The molecule has 0 radical (unpaired) electrons. The van der Waals surface area contributed by atoms with Crippen LogP contribution in [0.25, 0.3) is 10.4 Å². The van der Waals surface area contributed by atoms with Crippen molar-refractivity contribution in [3.63, 3.8) is 0 Å². The summed E-state index contributed by atoms with van der Waals surface area (Å²) in [6, 6.07) is 0. The van der Waals surface area contributed by atoms with Crippen molar-refractivity contribution in [3.8, 4) is 0 Å². The van der Waals surface area contributed by atoms with Gasteiger partial charge in [0.1, 0.15) is 6.54 Å². The minimum Gasteiger partial charge on any atom is -0.351 e. The molecule has 104 valence electrons. The standard InChI is InChI=1S/C14H22N4O/c1-12-3-10-4-13(2,7-12)9-14(5-10,8-12)17-11(19)6-16-18-15/h10H,3-9H2,1-2H3,(H,17,19). The third-order valence-electron chi connectivity index (χ3n) is 5.31. The van der Waals surface area contributed by atoms with Crippen LogP contribution in [0.3, 0.4) is 0 Å². The third-order valence-corrected chi connectivity index (χ3v) is 5.31. The number of nitrogens with zero attached hydrogens (tertiary/aromatic N) is 3. The fourth-order valence-corrected chi connectivity index (χ4v) is 6.02. The molecule has 2 atom stereocenters. The van der Waals surface area contributed by atoms with E-state index in [1.807, 2.05) is 0 Å². The zero-order valence-electron chi connectivity index (χ0n) is 11.8. The molecule has 0 aromatic carbocycles. The van der Waals surface area contributed by atoms with Gasteiger partial charge in [-0.2, -0.15) is 0 Å². The van der Waals surface area contributed by atoms with Gasteiger partial charge in [0.2, 0.25) is 5.91 Å². The molecule has 5 heteroatoms. The summed E-state index contributed by atoms with van der Waals surface area (Å²) in [7, 11) is 0. The van der Waals surface area contributed by atoms with E-state index in [0.717, 1.165) is 25.2 Å². The van der Waals surface area contributed by atoms with Crippen molar-refractivity contribution in [1.29, 1.82) is 0 Å². The maximum atomic E-state index is 11.9. The topological polar surface area (TPSA) is 77.9 Å². The summed E-state index contributed by atoms with van der Waals surface area (Å²) in [6.07, 6.45) is 7.22. The van der Waals surface area contributed by atoms with Crippen LogP contribution >= 0.6 is 0 Å². The van der Waals surface area contributed by atoms with Crippen LogP contribution in [0.5, 0.6) is 0 Å². The van der Waals surface area contributed by atoms with Gasteiger partial charge in [-0.25, -0.2) is 0 Å². The molecule has 0 spiro atoms. The fourth-order valence-electron chi connectivity index (χ4n) is 6.02. The molecular weight excluding hydrogens is 240 g/mol. The van der Waals surface area contributed by atoms with E-state index in [4.69, 9.17) is 5.53 Å². The van der Waals surface area contributed by atoms with Crippen LogP contribution in [0.2, 0.25) is 0 Å². The lowest BCUT2D eigenvalue weighted by molar-refractivity contribution is -0.138. The Morgan fingerprint density at radius 3 is 2.42 bits per heavy atom. The predicted octanol–water partition coefficient (Wildman–Crippen LogP) is 3.16. The van der Waals surface area contributed by atoms with E-state index in [-0.39, 0.29) is 18.0 Å². The highest BCUT2D eigenvalue weighted by atomic mass is 16.2. The van der Waals surface area contributed by atoms with E-state index >= 15 is 0 Å². The molecule has 4 aliphatic rings. The van der Waals surface area contributed by atoms with Crippen LogP contribution in [0.1, 0.15) is 52.4 Å². The molecule has 4 saturated carbocycles. The largest absolute Gasteiger partial charge is 0.351 e. The van der Waals surface area contributed by atoms with Gasteiger partial charge in [0, 0.05) is 10.5 Å². The number of nitrogens with one attached hydrogen (secondary N) is 1. The molecule has 5 nitrogen and oxygen atoms in total. The first-order valence-electron chi connectivity index (χ1n) is 7.18. The van der Waals surface area contributed by atoms with E-state index in [2.05, 4.69) is 29.2 Å². The second kappa shape index (κ2) is 3.89. The number of carbonyl (C=O) groups is 1. The van der Waals surface area contributed by atoms with Crippen molar-refractivity contribution in [2.45, 2.75) is 57.9 Å². The van der Waals surface area contributed by atoms with Crippen molar-refractivity contribution < 1.29 is 4.79 Å². The van der Waals surface area contributed by atoms with Crippen LogP contribution in [-0.2, 0) is 4.79 Å². The Labute approximate surface area is 113 Å². The first-order chi connectivity index (χ1) is 8.86. The van der Waals surface area contributed by atoms with Gasteiger partial charge < -0.3 is 5.32 Å². The van der Waals surface area contributed by atoms with E-state index in [9.17, 15) is 4.79 Å². The highest BCUT2D eigenvalue weighted by molar-refractivity contribution is 5.79. The second-order valence-corrected chi connectivity index (χ2v) is 7.85. The van der Waals surface area contributed by atoms with Gasteiger partial charge in [0.05, 0.1) is 0 Å². The van der Waals surface area contributed by atoms with Crippen molar-refractivity contribution >= 4 is 5.91 Å². The molecule has 4 fully saturated rings. The Kier molecular flexibility index (Phi) is 2.62. The number of amides is 1. The Bertz CT molecular complexity index is 450. The Balaban J connectivity index is 1.80. The van der Waals surface area contributed by atoms with E-state index < -0.39 is 0 Å². The lowest BCUT2D eigenvalue weighted by Gasteiger charge is -2.65. The molecule has 0 saturated heterocycles. The number of carbonyl (C=O) groups excluding carboxylic acids is 1. The highest BCUT2D eigenvalue weighted by Crippen LogP contribution is 2.66. The summed E-state index contributed by atoms with van der Waals surface area (Å²) in [5.74, 6) is 0.637. The summed E-state index contributed by atoms with van der Waals surface area (Å²) in [5, 5.41) is 6.58. The molecule has 0 aromatic heterocycles. The second-order valence-electron chi connectivity index (χ2n) is 7.85. The van der Waals surface area contributed by atoms with Gasteiger partial charge in [-0.3, -0.25) is 4.79 Å². The maximum Gasteiger partial charge on any atom is 0.226 e. The summed E-state index contributed by atoms with van der Waals surface area (Å²) in [5.41, 5.74) is 9.05. The minimum atomic E-state index is -0.119. The van der Waals surface area contributed by atoms with Crippen LogP contribution in [0.4, 0.5) is 0 Å². The van der Waals surface area contributed by atoms with Gasteiger partial charge >= 0.3 is 0 Å². The summed E-state index contributed by atoms with van der Waals surface area (Å²) < 4.78 is 0. The zero-order valence-corrected chi connectivity index (χ0v) is 11.8. The van der Waals surface area contributed by atoms with Gasteiger partial charge in [0.25, 0.3) is 0 Å². The molecule has 1 amide bonds. The molecule has 19 heavy (non-hydrogen) atoms. The third kappa shape index (κ3) is 2.20. The van der Waals surface area contributed by atoms with Crippen molar-refractivity contribution in [3.05, 3.63) is 10.4 Å². The van der Waals surface area contributed by atoms with Crippen LogP contribution in [0.15, 0.2) is 5.11 Å². The van der Waals surface area contributed by atoms with Crippen LogP contribution in [0, 0.1) is 16.7 Å². The Hall–Kier alpha value is -1.22. The normalized spacial score (nSPS) is 46.7. The minimum absolute atomic E-state index is 0.0367. The quantitative estimate of drug-likeness (QED) is 0.473. The molecular formula is C14H22N4O. The smallest absolute Gasteiger partial charge is 0.226 e. The van der Waals surface area contributed by atoms with Gasteiger partial charge in [-0.15, -0.1) is 0 Å². The zero-order chi connectivity index (χ0) is 13.7. The number of hydrogen-bond donors (Lipinski definition) is 1. The molecule has 4 bridgehead atoms. The van der Waals surface area contributed by atoms with E-state index in [1.54, 1.807) is 0 Å². The molecule has 0 aliphatic heterocycles. The average molecular weight is 262 g/mol. The Morgan fingerprint density at radius 2 is 1.89 bits per heavy atom. The Morgan fingerprint density at radius 1 is 1.26 bits per heavy atom. The van der Waals surface area contributed by atoms with E-state index in [1.165, 1.54) is 19.3 Å². The number of rotatable bonds is 3. The van der Waals surface area contributed by atoms with Crippen LogP contribution < -0.4 is 5.32 Å². The summed E-state index contributed by atoms with van der Waals surface area (Å²) in [4.78, 5) is 14.6. The van der Waals surface area contributed by atoms with E-state index in [0.29, 0.717) is 10.8 Å². The summed E-state index contributed by atoms with van der Waals surface area (Å²) >= 11 is 0. The first-order valence-corrected chi connectivity index (χ1v) is 7.18. The van der Waals surface area contributed by atoms with Gasteiger partial charge in [0.15, 0.2) is 0 Å². The molecule has 1 N–H and O–H groups in total. The highest BCUT2D eigenvalue weighted by Gasteiger charge is 2.60.